The van der Waals surface area contributed by atoms with Gasteiger partial charge in [0, 0.05) is 50.6 Å². The van der Waals surface area contributed by atoms with Gasteiger partial charge in [-0.05, 0) is 65.7 Å². The number of fused-ring (bicyclic) bond motifs is 3. The first-order valence-corrected chi connectivity index (χ1v) is 16.6. The van der Waals surface area contributed by atoms with E-state index in [1.54, 1.807) is 0 Å². The second-order valence-corrected chi connectivity index (χ2v) is 12.1. The van der Waals surface area contributed by atoms with E-state index in [-0.39, 0.29) is 0 Å². The molecule has 0 fully saturated rings. The predicted molar refractivity (Wildman–Crippen MR) is 204 cm³/mol. The Bertz CT molecular complexity index is 2510. The zero-order valence-electron chi connectivity index (χ0n) is 27.0. The highest BCUT2D eigenvalue weighted by Crippen LogP contribution is 2.40. The number of para-hydroxylation sites is 1. The van der Waals surface area contributed by atoms with Gasteiger partial charge in [-0.25, -0.2) is 15.0 Å². The number of hydrogen-bond acceptors (Lipinski definition) is 5. The van der Waals surface area contributed by atoms with Gasteiger partial charge in [-0.3, -0.25) is 0 Å². The van der Waals surface area contributed by atoms with Crippen LogP contribution < -0.4 is 4.90 Å². The number of nitrogens with zero attached hydrogens (tertiary/aromatic N) is 4. The summed E-state index contributed by atoms with van der Waals surface area (Å²) in [5.41, 5.74) is 9.89. The quantitative estimate of drug-likeness (QED) is 0.173. The molecule has 0 bridgehead atoms. The summed E-state index contributed by atoms with van der Waals surface area (Å²) in [5.74, 6) is 1.88. The van der Waals surface area contributed by atoms with Crippen molar-refractivity contribution in [1.29, 1.82) is 0 Å². The molecule has 236 valence electrons. The van der Waals surface area contributed by atoms with Gasteiger partial charge in [-0.1, -0.05) is 121 Å². The molecular formula is C45H30N4O. The molecule has 0 aliphatic carbocycles. The standard InChI is InChI=1S/C45H30N4O/c1-5-13-31(14-6-1)32-21-24-37(25-22-32)49(36-19-11-4-12-20-36)38-26-27-39-40-29-35(23-28-41(40)50-42(39)30-38)45-47-43(33-15-7-2-8-16-33)46-44(48-45)34-17-9-3-10-18-34/h1-30H. The van der Waals surface area contributed by atoms with E-state index >= 15 is 0 Å². The maximum atomic E-state index is 6.49. The molecule has 0 amide bonds. The summed E-state index contributed by atoms with van der Waals surface area (Å²) in [6.07, 6.45) is 0. The van der Waals surface area contributed by atoms with Crippen LogP contribution in [0.25, 0.3) is 67.2 Å². The van der Waals surface area contributed by atoms with Crippen LogP contribution in [-0.4, -0.2) is 15.0 Å². The van der Waals surface area contributed by atoms with Crippen molar-refractivity contribution in [2.75, 3.05) is 4.90 Å². The number of furan rings is 1. The summed E-state index contributed by atoms with van der Waals surface area (Å²) in [6.45, 7) is 0. The topological polar surface area (TPSA) is 55.1 Å². The smallest absolute Gasteiger partial charge is 0.164 e. The van der Waals surface area contributed by atoms with Crippen molar-refractivity contribution in [1.82, 2.24) is 15.0 Å². The van der Waals surface area contributed by atoms with E-state index in [0.29, 0.717) is 17.5 Å². The number of anilines is 3. The van der Waals surface area contributed by atoms with Gasteiger partial charge in [0.1, 0.15) is 11.2 Å². The Morgan fingerprint density at radius 1 is 0.320 bits per heavy atom. The van der Waals surface area contributed by atoms with Crippen LogP contribution in [0.1, 0.15) is 0 Å². The Kier molecular flexibility index (Phi) is 7.41. The lowest BCUT2D eigenvalue weighted by atomic mass is 10.0. The lowest BCUT2D eigenvalue weighted by Crippen LogP contribution is -2.09. The number of aromatic nitrogens is 3. The highest BCUT2D eigenvalue weighted by atomic mass is 16.3. The van der Waals surface area contributed by atoms with Crippen LogP contribution in [0.2, 0.25) is 0 Å². The third kappa shape index (κ3) is 5.57. The fraction of sp³-hybridized carbons (Fsp3) is 0. The average molecular weight is 643 g/mol. The Balaban J connectivity index is 1.13. The minimum absolute atomic E-state index is 0.611. The molecule has 5 nitrogen and oxygen atoms in total. The molecule has 9 rings (SSSR count). The van der Waals surface area contributed by atoms with Gasteiger partial charge >= 0.3 is 0 Å². The molecule has 0 saturated heterocycles. The molecule has 0 N–H and O–H groups in total. The van der Waals surface area contributed by atoms with Crippen molar-refractivity contribution in [3.05, 3.63) is 182 Å². The normalized spacial score (nSPS) is 11.2. The van der Waals surface area contributed by atoms with E-state index in [2.05, 4.69) is 102 Å². The SMILES string of the molecule is c1ccc(-c2ccc(N(c3ccccc3)c3ccc4c(c3)oc3ccc(-c5nc(-c6ccccc6)nc(-c6ccccc6)n5)cc34)cc2)cc1. The molecular weight excluding hydrogens is 613 g/mol. The fourth-order valence-electron chi connectivity index (χ4n) is 6.44. The van der Waals surface area contributed by atoms with Crippen molar-refractivity contribution in [2.24, 2.45) is 0 Å². The molecule has 0 aliphatic heterocycles. The Labute approximate surface area is 289 Å². The van der Waals surface area contributed by atoms with Crippen LogP contribution in [0.15, 0.2) is 186 Å². The maximum Gasteiger partial charge on any atom is 0.164 e. The first kappa shape index (κ1) is 29.3. The van der Waals surface area contributed by atoms with Gasteiger partial charge in [0.05, 0.1) is 0 Å². The van der Waals surface area contributed by atoms with Crippen LogP contribution >= 0.6 is 0 Å². The molecule has 7 aromatic carbocycles. The first-order valence-electron chi connectivity index (χ1n) is 16.6. The molecule has 0 spiro atoms. The second-order valence-electron chi connectivity index (χ2n) is 12.1. The second kappa shape index (κ2) is 12.6. The van der Waals surface area contributed by atoms with Crippen molar-refractivity contribution in [2.45, 2.75) is 0 Å². The van der Waals surface area contributed by atoms with Crippen molar-refractivity contribution in [3.8, 4) is 45.3 Å². The van der Waals surface area contributed by atoms with Gasteiger partial charge < -0.3 is 9.32 Å². The molecule has 0 unspecified atom stereocenters. The molecule has 0 atom stereocenters. The van der Waals surface area contributed by atoms with Crippen LogP contribution in [0.3, 0.4) is 0 Å². The summed E-state index contributed by atoms with van der Waals surface area (Å²) in [7, 11) is 0. The minimum atomic E-state index is 0.611. The lowest BCUT2D eigenvalue weighted by molar-refractivity contribution is 0.669. The predicted octanol–water partition coefficient (Wildman–Crippen LogP) is 11.9. The number of rotatable bonds is 7. The fourth-order valence-corrected chi connectivity index (χ4v) is 6.44. The van der Waals surface area contributed by atoms with Gasteiger partial charge in [0.2, 0.25) is 0 Å². The van der Waals surface area contributed by atoms with Crippen molar-refractivity contribution in [3.63, 3.8) is 0 Å². The maximum absolute atomic E-state index is 6.49. The minimum Gasteiger partial charge on any atom is -0.456 e. The Morgan fingerprint density at radius 2 is 0.780 bits per heavy atom. The summed E-state index contributed by atoms with van der Waals surface area (Å²) in [6, 6.07) is 62.2. The third-order valence-corrected chi connectivity index (χ3v) is 8.92. The summed E-state index contributed by atoms with van der Waals surface area (Å²) in [5, 5.41) is 2.03. The van der Waals surface area contributed by atoms with Gasteiger partial charge in [0.15, 0.2) is 17.5 Å². The van der Waals surface area contributed by atoms with Crippen LogP contribution in [0.4, 0.5) is 17.1 Å². The third-order valence-electron chi connectivity index (χ3n) is 8.92. The van der Waals surface area contributed by atoms with E-state index < -0.39 is 0 Å². The van der Waals surface area contributed by atoms with Crippen LogP contribution in [0, 0.1) is 0 Å². The Hall–Kier alpha value is -6.85. The highest BCUT2D eigenvalue weighted by molar-refractivity contribution is 6.07. The van der Waals surface area contributed by atoms with Crippen LogP contribution in [-0.2, 0) is 0 Å². The molecule has 2 aromatic heterocycles. The zero-order valence-corrected chi connectivity index (χ0v) is 27.0. The van der Waals surface area contributed by atoms with E-state index in [1.807, 2.05) is 84.9 Å². The average Bonchev–Trinajstić information content (AvgIpc) is 3.57. The molecule has 0 saturated carbocycles. The molecule has 0 aliphatic rings. The highest BCUT2D eigenvalue weighted by Gasteiger charge is 2.17. The molecule has 50 heavy (non-hydrogen) atoms. The number of hydrogen-bond donors (Lipinski definition) is 0. The number of benzene rings is 7. The summed E-state index contributed by atoms with van der Waals surface area (Å²) >= 11 is 0. The largest absolute Gasteiger partial charge is 0.456 e. The molecule has 9 aromatic rings. The van der Waals surface area contributed by atoms with Gasteiger partial charge in [-0.2, -0.15) is 0 Å². The molecule has 0 radical (unpaired) electrons. The van der Waals surface area contributed by atoms with Gasteiger partial charge in [-0.15, -0.1) is 0 Å². The molecule has 2 heterocycles. The first-order chi connectivity index (χ1) is 24.8. The lowest BCUT2D eigenvalue weighted by Gasteiger charge is -2.25. The zero-order chi connectivity index (χ0) is 33.3. The summed E-state index contributed by atoms with van der Waals surface area (Å²) < 4.78 is 6.49. The summed E-state index contributed by atoms with van der Waals surface area (Å²) in [4.78, 5) is 17.0. The molecule has 5 heteroatoms. The van der Waals surface area contributed by atoms with Gasteiger partial charge in [0.25, 0.3) is 0 Å². The van der Waals surface area contributed by atoms with E-state index in [4.69, 9.17) is 19.4 Å². The van der Waals surface area contributed by atoms with Crippen LogP contribution in [0.5, 0.6) is 0 Å². The van der Waals surface area contributed by atoms with E-state index in [1.165, 1.54) is 11.1 Å². The van der Waals surface area contributed by atoms with E-state index in [0.717, 1.165) is 55.7 Å². The van der Waals surface area contributed by atoms with E-state index in [9.17, 15) is 0 Å². The monoisotopic (exact) mass is 642 g/mol. The van der Waals surface area contributed by atoms with Crippen molar-refractivity contribution < 1.29 is 4.42 Å². The Morgan fingerprint density at radius 3 is 1.38 bits per heavy atom. The van der Waals surface area contributed by atoms with Crippen molar-refractivity contribution >= 4 is 39.0 Å².